The number of benzene rings is 1. The molecule has 1 aliphatic heterocycles. The number of nitrogens with zero attached hydrogens (tertiary/aromatic N) is 2. The fraction of sp³-hybridized carbons (Fsp3) is 0.263. The molecule has 3 rings (SSSR count). The molecule has 25 heavy (non-hydrogen) atoms. The van der Waals surface area contributed by atoms with Gasteiger partial charge in [-0.1, -0.05) is 29.7 Å². The van der Waals surface area contributed by atoms with Crippen molar-refractivity contribution in [3.63, 3.8) is 0 Å². The number of rotatable bonds is 2. The molecule has 0 aliphatic carbocycles. The van der Waals surface area contributed by atoms with Crippen molar-refractivity contribution in [3.05, 3.63) is 59.1 Å². The van der Waals surface area contributed by atoms with Crippen LogP contribution in [0, 0.1) is 23.6 Å². The van der Waals surface area contributed by atoms with Crippen LogP contribution >= 0.6 is 11.6 Å². The first kappa shape index (κ1) is 17.6. The predicted molar refractivity (Wildman–Crippen MR) is 93.3 cm³/mol. The third-order valence-corrected chi connectivity index (χ3v) is 3.86. The lowest BCUT2D eigenvalue weighted by Gasteiger charge is -2.24. The van der Waals surface area contributed by atoms with E-state index in [1.165, 1.54) is 12.1 Å². The molecule has 0 atom stereocenters. The van der Waals surface area contributed by atoms with Crippen molar-refractivity contribution in [2.45, 2.75) is 13.2 Å². The zero-order chi connectivity index (χ0) is 17.6. The molecule has 0 amide bonds. The number of ether oxygens (including phenoxy) is 2. The van der Waals surface area contributed by atoms with Crippen LogP contribution < -0.4 is 0 Å². The zero-order valence-corrected chi connectivity index (χ0v) is 14.3. The molecule has 6 heteroatoms. The fourth-order valence-corrected chi connectivity index (χ4v) is 2.42. The molecule has 128 valence electrons. The first-order valence-corrected chi connectivity index (χ1v) is 8.18. The Morgan fingerprint density at radius 2 is 1.96 bits per heavy atom. The topological polar surface area (TPSA) is 44.2 Å². The van der Waals surface area contributed by atoms with Crippen LogP contribution in [0.4, 0.5) is 4.39 Å². The van der Waals surface area contributed by atoms with E-state index in [1.807, 2.05) is 13.0 Å². The van der Waals surface area contributed by atoms with E-state index in [9.17, 15) is 4.39 Å². The van der Waals surface area contributed by atoms with Gasteiger partial charge in [0.1, 0.15) is 5.82 Å². The maximum atomic E-state index is 13.5. The molecule has 0 saturated carbocycles. The molecule has 1 saturated heterocycles. The van der Waals surface area contributed by atoms with Gasteiger partial charge in [-0.05, 0) is 31.0 Å². The summed E-state index contributed by atoms with van der Waals surface area (Å²) in [6.07, 6.45) is 6.64. The van der Waals surface area contributed by atoms with Gasteiger partial charge in [-0.15, -0.1) is 0 Å². The van der Waals surface area contributed by atoms with E-state index in [0.717, 1.165) is 0 Å². The van der Waals surface area contributed by atoms with E-state index < -0.39 is 12.1 Å². The Kier molecular flexibility index (Phi) is 5.77. The van der Waals surface area contributed by atoms with Gasteiger partial charge in [0.15, 0.2) is 5.82 Å². The van der Waals surface area contributed by atoms with Crippen LogP contribution in [-0.2, 0) is 9.47 Å². The van der Waals surface area contributed by atoms with Crippen LogP contribution in [0.25, 0.3) is 11.4 Å². The highest BCUT2D eigenvalue weighted by Crippen LogP contribution is 2.21. The second kappa shape index (κ2) is 8.21. The van der Waals surface area contributed by atoms with Gasteiger partial charge < -0.3 is 9.47 Å². The highest BCUT2D eigenvalue weighted by atomic mass is 35.5. The molecule has 2 heterocycles. The summed E-state index contributed by atoms with van der Waals surface area (Å²) in [5.74, 6) is 5.99. The van der Waals surface area contributed by atoms with Crippen LogP contribution in [-0.4, -0.2) is 29.5 Å². The first-order chi connectivity index (χ1) is 12.2. The Hall–Kier alpha value is -2.26. The van der Waals surface area contributed by atoms with Crippen LogP contribution in [0.1, 0.15) is 12.5 Å². The summed E-state index contributed by atoms with van der Waals surface area (Å²) in [7, 11) is 0. The van der Waals surface area contributed by atoms with Crippen molar-refractivity contribution in [2.75, 3.05) is 13.2 Å². The molecule has 0 spiro atoms. The predicted octanol–water partition coefficient (Wildman–Crippen LogP) is 3.85. The van der Waals surface area contributed by atoms with Crippen LogP contribution in [0.2, 0.25) is 5.02 Å². The monoisotopic (exact) mass is 358 g/mol. The number of halogens is 2. The summed E-state index contributed by atoms with van der Waals surface area (Å²) in [4.78, 5) is 8.41. The van der Waals surface area contributed by atoms with Crippen molar-refractivity contribution in [2.24, 2.45) is 5.92 Å². The maximum Gasteiger partial charge on any atom is 0.222 e. The molecule has 1 aromatic carbocycles. The van der Waals surface area contributed by atoms with Gasteiger partial charge in [0, 0.05) is 23.9 Å². The van der Waals surface area contributed by atoms with Gasteiger partial charge in [0.25, 0.3) is 0 Å². The molecule has 1 aromatic heterocycles. The number of aromatic nitrogens is 2. The molecule has 0 bridgehead atoms. The number of allylic oxidation sites excluding steroid dienone is 1. The molecule has 0 N–H and O–H groups in total. The average molecular weight is 359 g/mol. The molecular weight excluding hydrogens is 343 g/mol. The van der Waals surface area contributed by atoms with Crippen molar-refractivity contribution in [1.29, 1.82) is 0 Å². The highest BCUT2D eigenvalue weighted by molar-refractivity contribution is 6.30. The maximum absolute atomic E-state index is 13.5. The first-order valence-electron chi connectivity index (χ1n) is 7.80. The minimum atomic E-state index is -0.549. The Labute approximate surface area is 150 Å². The molecule has 0 radical (unpaired) electrons. The van der Waals surface area contributed by atoms with Crippen LogP contribution in [0.15, 0.2) is 42.7 Å². The summed E-state index contributed by atoms with van der Waals surface area (Å²) < 4.78 is 24.6. The largest absolute Gasteiger partial charge is 0.341 e. The van der Waals surface area contributed by atoms with Gasteiger partial charge in [-0.25, -0.2) is 14.4 Å². The van der Waals surface area contributed by atoms with Crippen molar-refractivity contribution in [1.82, 2.24) is 9.97 Å². The standard InChI is InChI=1S/C19H16ClFN2O2/c1-2-3-14-11-24-18(25-12-14)7-4-13-9-22-19(23-10-13)15-5-6-16(20)17(21)8-15/h2-3,5-6,8-10,14,18H,11-12H2,1H3/b3-2+/t14-,18-. The molecule has 4 nitrogen and oxygen atoms in total. The SMILES string of the molecule is C/C=C/[C@H]1CO[C@H](C#Cc2cnc(-c3ccc(Cl)c(F)c3)nc2)OC1. The summed E-state index contributed by atoms with van der Waals surface area (Å²) >= 11 is 5.67. The number of hydrogen-bond donors (Lipinski definition) is 0. The third kappa shape index (κ3) is 4.64. The van der Waals surface area contributed by atoms with Gasteiger partial charge in [0.05, 0.1) is 23.8 Å². The minimum absolute atomic E-state index is 0.0652. The zero-order valence-electron chi connectivity index (χ0n) is 13.6. The average Bonchev–Trinajstić information content (AvgIpc) is 2.64. The second-order valence-corrected chi connectivity index (χ2v) is 5.89. The highest BCUT2D eigenvalue weighted by Gasteiger charge is 2.18. The third-order valence-electron chi connectivity index (χ3n) is 3.55. The summed E-state index contributed by atoms with van der Waals surface area (Å²) in [5.41, 5.74) is 1.18. The lowest BCUT2D eigenvalue weighted by Crippen LogP contribution is -2.30. The Bertz CT molecular complexity index is 820. The summed E-state index contributed by atoms with van der Waals surface area (Å²) in [5, 5.41) is 0.0652. The van der Waals surface area contributed by atoms with E-state index in [-0.39, 0.29) is 10.9 Å². The van der Waals surface area contributed by atoms with Gasteiger partial charge in [-0.3, -0.25) is 0 Å². The van der Waals surface area contributed by atoms with E-state index in [1.54, 1.807) is 18.5 Å². The number of hydrogen-bond acceptors (Lipinski definition) is 4. The van der Waals surface area contributed by atoms with Crippen LogP contribution in [0.5, 0.6) is 0 Å². The van der Waals surface area contributed by atoms with Crippen molar-refractivity contribution >= 4 is 11.6 Å². The molecule has 2 aromatic rings. The Morgan fingerprint density at radius 1 is 1.24 bits per heavy atom. The Morgan fingerprint density at radius 3 is 2.60 bits per heavy atom. The van der Waals surface area contributed by atoms with Gasteiger partial charge in [0.2, 0.25) is 6.29 Å². The molecule has 1 fully saturated rings. The van der Waals surface area contributed by atoms with E-state index in [0.29, 0.717) is 30.2 Å². The fourth-order valence-electron chi connectivity index (χ4n) is 2.30. The lowest BCUT2D eigenvalue weighted by atomic mass is 10.1. The molecule has 1 aliphatic rings. The summed E-state index contributed by atoms with van der Waals surface area (Å²) in [6, 6.07) is 4.44. The Balaban J connectivity index is 1.65. The quantitative estimate of drug-likeness (QED) is 0.604. The molecule has 0 unspecified atom stereocenters. The van der Waals surface area contributed by atoms with E-state index in [4.69, 9.17) is 21.1 Å². The van der Waals surface area contributed by atoms with Gasteiger partial charge >= 0.3 is 0 Å². The van der Waals surface area contributed by atoms with Crippen molar-refractivity contribution < 1.29 is 13.9 Å². The van der Waals surface area contributed by atoms with Crippen LogP contribution in [0.3, 0.4) is 0 Å². The smallest absolute Gasteiger partial charge is 0.222 e. The van der Waals surface area contributed by atoms with E-state index >= 15 is 0 Å². The lowest BCUT2D eigenvalue weighted by molar-refractivity contribution is -0.160. The molecular formula is C19H16ClFN2O2. The second-order valence-electron chi connectivity index (χ2n) is 5.48. The minimum Gasteiger partial charge on any atom is -0.341 e. The van der Waals surface area contributed by atoms with Gasteiger partial charge in [-0.2, -0.15) is 0 Å². The normalized spacial score (nSPS) is 20.3. The van der Waals surface area contributed by atoms with E-state index in [2.05, 4.69) is 27.9 Å². The van der Waals surface area contributed by atoms with Crippen molar-refractivity contribution in [3.8, 4) is 23.2 Å². The summed E-state index contributed by atoms with van der Waals surface area (Å²) in [6.45, 7) is 3.14.